The van der Waals surface area contributed by atoms with Gasteiger partial charge in [-0.15, -0.1) is 11.3 Å². The highest BCUT2D eigenvalue weighted by Gasteiger charge is 2.29. The lowest BCUT2D eigenvalue weighted by atomic mass is 9.98. The fourth-order valence-corrected chi connectivity index (χ4v) is 4.31. The van der Waals surface area contributed by atoms with Gasteiger partial charge in [0.25, 0.3) is 0 Å². The third-order valence-electron chi connectivity index (χ3n) is 3.85. The molecule has 23 heavy (non-hydrogen) atoms. The van der Waals surface area contributed by atoms with Crippen molar-refractivity contribution in [2.45, 2.75) is 26.3 Å². The molecule has 1 aromatic rings. The molecule has 1 atom stereocenters. The molecule has 0 spiro atoms. The van der Waals surface area contributed by atoms with Crippen LogP contribution in [0, 0.1) is 5.92 Å². The molecule has 7 heteroatoms. The van der Waals surface area contributed by atoms with Crippen LogP contribution >= 0.6 is 27.3 Å². The minimum atomic E-state index is -0.179. The highest BCUT2D eigenvalue weighted by atomic mass is 79.9. The van der Waals surface area contributed by atoms with Gasteiger partial charge in [-0.3, -0.25) is 14.5 Å². The van der Waals surface area contributed by atoms with Crippen molar-refractivity contribution in [2.75, 3.05) is 33.3 Å². The number of amides is 1. The molecule has 1 aromatic heterocycles. The van der Waals surface area contributed by atoms with Crippen LogP contribution in [0.25, 0.3) is 0 Å². The van der Waals surface area contributed by atoms with Crippen molar-refractivity contribution in [1.29, 1.82) is 0 Å². The summed E-state index contributed by atoms with van der Waals surface area (Å²) in [6, 6.07) is 4.08. The molecule has 5 nitrogen and oxygen atoms in total. The van der Waals surface area contributed by atoms with Crippen LogP contribution in [0.4, 0.5) is 0 Å². The minimum absolute atomic E-state index is 0.0807. The number of carbonyl (C=O) groups is 2. The van der Waals surface area contributed by atoms with Crippen molar-refractivity contribution >= 4 is 39.1 Å². The minimum Gasteiger partial charge on any atom is -0.466 e. The monoisotopic (exact) mass is 402 g/mol. The summed E-state index contributed by atoms with van der Waals surface area (Å²) in [5.74, 6) is -0.273. The largest absolute Gasteiger partial charge is 0.466 e. The Bertz CT molecular complexity index is 549. The number of halogens is 1. The molecule has 1 aliphatic rings. The third kappa shape index (κ3) is 5.58. The molecule has 2 rings (SSSR count). The smallest absolute Gasteiger partial charge is 0.310 e. The lowest BCUT2D eigenvalue weighted by Gasteiger charge is -2.32. The molecule has 1 amide bonds. The number of piperidine rings is 1. The summed E-state index contributed by atoms with van der Waals surface area (Å²) in [5.41, 5.74) is 0. The Labute approximate surface area is 149 Å². The van der Waals surface area contributed by atoms with Crippen LogP contribution in [0.5, 0.6) is 0 Å². The van der Waals surface area contributed by atoms with Gasteiger partial charge >= 0.3 is 5.97 Å². The maximum absolute atomic E-state index is 12.5. The van der Waals surface area contributed by atoms with Crippen LogP contribution < -0.4 is 0 Å². The van der Waals surface area contributed by atoms with Crippen molar-refractivity contribution in [3.63, 3.8) is 0 Å². The van der Waals surface area contributed by atoms with E-state index in [1.807, 2.05) is 24.9 Å². The average Bonchev–Trinajstić information content (AvgIpc) is 2.92. The topological polar surface area (TPSA) is 49.9 Å². The number of likely N-dealkylation sites (N-methyl/N-ethyl adjacent to an activating group) is 1. The fraction of sp³-hybridized carbons (Fsp3) is 0.625. The van der Waals surface area contributed by atoms with E-state index in [1.165, 1.54) is 4.88 Å². The predicted molar refractivity (Wildman–Crippen MR) is 94.3 cm³/mol. The molecule has 0 bridgehead atoms. The molecule has 0 aliphatic carbocycles. The maximum atomic E-state index is 12.5. The van der Waals surface area contributed by atoms with Gasteiger partial charge in [-0.2, -0.15) is 0 Å². The van der Waals surface area contributed by atoms with Crippen LogP contribution in [0.2, 0.25) is 0 Å². The lowest BCUT2D eigenvalue weighted by molar-refractivity contribution is -0.151. The number of rotatable bonds is 6. The van der Waals surface area contributed by atoms with Crippen molar-refractivity contribution in [3.05, 3.63) is 20.8 Å². The van der Waals surface area contributed by atoms with Crippen molar-refractivity contribution in [3.8, 4) is 0 Å². The fourth-order valence-electron chi connectivity index (χ4n) is 2.75. The van der Waals surface area contributed by atoms with E-state index < -0.39 is 0 Å². The van der Waals surface area contributed by atoms with E-state index in [0.717, 1.165) is 29.7 Å². The van der Waals surface area contributed by atoms with Gasteiger partial charge in [0.05, 0.1) is 22.9 Å². The Kier molecular flexibility index (Phi) is 7.05. The number of thiophene rings is 1. The molecule has 1 aliphatic heterocycles. The number of ether oxygens (including phenoxy) is 1. The molecule has 0 saturated carbocycles. The van der Waals surface area contributed by atoms with Gasteiger partial charge in [-0.25, -0.2) is 0 Å². The normalized spacial score (nSPS) is 18.3. The zero-order chi connectivity index (χ0) is 16.8. The number of hydrogen-bond donors (Lipinski definition) is 0. The van der Waals surface area contributed by atoms with Gasteiger partial charge in [0, 0.05) is 24.5 Å². The lowest BCUT2D eigenvalue weighted by Crippen LogP contribution is -2.46. The van der Waals surface area contributed by atoms with Gasteiger partial charge < -0.3 is 9.64 Å². The number of carbonyl (C=O) groups excluding carboxylic acids is 2. The number of hydrogen-bond acceptors (Lipinski definition) is 5. The SMILES string of the molecule is CCOC(=O)C1CCCN(C(=O)CN(C)Cc2ccc(Br)s2)C1. The highest BCUT2D eigenvalue weighted by molar-refractivity contribution is 9.11. The highest BCUT2D eigenvalue weighted by Crippen LogP contribution is 2.23. The first-order valence-electron chi connectivity index (χ1n) is 7.86. The van der Waals surface area contributed by atoms with Crippen LogP contribution in [0.3, 0.4) is 0 Å². The Hall–Kier alpha value is -0.920. The van der Waals surface area contributed by atoms with E-state index in [0.29, 0.717) is 19.7 Å². The van der Waals surface area contributed by atoms with E-state index in [2.05, 4.69) is 22.0 Å². The van der Waals surface area contributed by atoms with E-state index in [1.54, 1.807) is 16.2 Å². The van der Waals surface area contributed by atoms with Crippen LogP contribution in [0.15, 0.2) is 15.9 Å². The summed E-state index contributed by atoms with van der Waals surface area (Å²) in [5, 5.41) is 0. The first kappa shape index (κ1) is 18.4. The van der Waals surface area contributed by atoms with Crippen molar-refractivity contribution in [1.82, 2.24) is 9.80 Å². The quantitative estimate of drug-likeness (QED) is 0.686. The van der Waals surface area contributed by atoms with Gasteiger partial charge in [0.15, 0.2) is 0 Å². The summed E-state index contributed by atoms with van der Waals surface area (Å²) < 4.78 is 6.18. The van der Waals surface area contributed by atoms with E-state index in [9.17, 15) is 9.59 Å². The molecule has 128 valence electrons. The molecule has 1 saturated heterocycles. The first-order valence-corrected chi connectivity index (χ1v) is 9.47. The van der Waals surface area contributed by atoms with Gasteiger partial charge in [0.2, 0.25) is 5.91 Å². The molecule has 1 unspecified atom stereocenters. The zero-order valence-electron chi connectivity index (χ0n) is 13.6. The van der Waals surface area contributed by atoms with Gasteiger partial charge in [0.1, 0.15) is 0 Å². The molecular formula is C16H23BrN2O3S. The Morgan fingerprint density at radius 1 is 1.48 bits per heavy atom. The summed E-state index contributed by atoms with van der Waals surface area (Å²) in [6.07, 6.45) is 1.67. The van der Waals surface area contributed by atoms with Crippen LogP contribution in [-0.2, 0) is 20.9 Å². The average molecular weight is 403 g/mol. The standard InChI is InChI=1S/C16H23BrN2O3S/c1-3-22-16(21)12-5-4-8-19(9-12)15(20)11-18(2)10-13-6-7-14(17)23-13/h6-7,12H,3-5,8-11H2,1-2H3. The molecule has 0 aromatic carbocycles. The first-order chi connectivity index (χ1) is 11.0. The second-order valence-electron chi connectivity index (χ2n) is 5.81. The molecule has 0 radical (unpaired) electrons. The molecule has 1 fully saturated rings. The molecule has 0 N–H and O–H groups in total. The maximum Gasteiger partial charge on any atom is 0.310 e. The van der Waals surface area contributed by atoms with Gasteiger partial charge in [-0.05, 0) is 54.9 Å². The Morgan fingerprint density at radius 3 is 2.91 bits per heavy atom. The summed E-state index contributed by atoms with van der Waals surface area (Å²) >= 11 is 5.13. The third-order valence-corrected chi connectivity index (χ3v) is 5.46. The zero-order valence-corrected chi connectivity index (χ0v) is 16.0. The van der Waals surface area contributed by atoms with Crippen LogP contribution in [0.1, 0.15) is 24.6 Å². The summed E-state index contributed by atoms with van der Waals surface area (Å²) in [6.45, 7) is 4.52. The van der Waals surface area contributed by atoms with Crippen molar-refractivity contribution < 1.29 is 14.3 Å². The number of esters is 1. The molecule has 2 heterocycles. The Balaban J connectivity index is 1.83. The van der Waals surface area contributed by atoms with Crippen molar-refractivity contribution in [2.24, 2.45) is 5.92 Å². The van der Waals surface area contributed by atoms with Crippen LogP contribution in [-0.4, -0.2) is 55.0 Å². The Morgan fingerprint density at radius 2 is 2.26 bits per heavy atom. The second kappa shape index (κ2) is 8.80. The number of nitrogens with zero attached hydrogens (tertiary/aromatic N) is 2. The molecular weight excluding hydrogens is 380 g/mol. The summed E-state index contributed by atoms with van der Waals surface area (Å²) in [7, 11) is 1.94. The predicted octanol–water partition coefficient (Wildman–Crippen LogP) is 2.74. The summed E-state index contributed by atoms with van der Waals surface area (Å²) in [4.78, 5) is 29.3. The van der Waals surface area contributed by atoms with E-state index in [4.69, 9.17) is 4.74 Å². The number of likely N-dealkylation sites (tertiary alicyclic amines) is 1. The van der Waals surface area contributed by atoms with E-state index >= 15 is 0 Å². The second-order valence-corrected chi connectivity index (χ2v) is 8.36. The van der Waals surface area contributed by atoms with Gasteiger partial charge in [-0.1, -0.05) is 0 Å². The van der Waals surface area contributed by atoms with E-state index in [-0.39, 0.29) is 17.8 Å².